The number of benzene rings is 2. The Morgan fingerprint density at radius 1 is 0.445 bits per heavy atom. The lowest BCUT2D eigenvalue weighted by Gasteiger charge is -2.46. The molecular weight excluding hydrogens is 2100 g/mol. The molecule has 18 unspecified atom stereocenters. The zero-order valence-corrected chi connectivity index (χ0v) is 93.9. The number of sulfonamides is 1. The van der Waals surface area contributed by atoms with Crippen molar-refractivity contribution in [3.05, 3.63) is 268 Å². The number of nitrogens with one attached hydrogen (secondary N) is 7. The second-order valence-corrected chi connectivity index (χ2v) is 54.1. The number of ketones is 1. The van der Waals surface area contributed by atoms with Crippen molar-refractivity contribution in [2.45, 2.75) is 308 Å². The van der Waals surface area contributed by atoms with Crippen LogP contribution in [0.1, 0.15) is 260 Å². The third-order valence-corrected chi connectivity index (χ3v) is 41.6. The van der Waals surface area contributed by atoms with Crippen molar-refractivity contribution in [1.29, 1.82) is 0 Å². The van der Waals surface area contributed by atoms with Crippen LogP contribution in [0.5, 0.6) is 0 Å². The molecule has 778 valence electrons. The highest BCUT2D eigenvalue weighted by Crippen LogP contribution is 2.58. The van der Waals surface area contributed by atoms with Gasteiger partial charge in [0, 0.05) is 184 Å². The minimum Gasteiger partial charge on any atom is -0.372 e. The van der Waals surface area contributed by atoms with Crippen LogP contribution in [0.15, 0.2) is 161 Å². The molecule has 18 atom stereocenters. The van der Waals surface area contributed by atoms with E-state index in [0.29, 0.717) is 49.8 Å². The van der Waals surface area contributed by atoms with Crippen LogP contribution in [0.3, 0.4) is 0 Å². The maximum absolute atomic E-state index is 11.8. The number of aromatic nitrogens is 6. The molecule has 24 nitrogen and oxygen atoms in total. The standard InChI is InChI=1S/C21H22ClN3OS.C18H22ClN3O2S.C18H21ClN2O3S2.C18H23ClN2OS.C18H20ClNO2S.C16H20ClN3OS/c1-13-9-21(20-16(5-6-26-21)8-19(22)27-20)10-18(25-13)15-4-2-3-14(7-15)17-11-23-24-12-17;1-11-7-18(17-12(2-4-24-18)6-15(19)25-17)8-13(21-11)14-9-20-16-10-23-5-3-22(14)16;1-11-9-18(17-13(5-6-24-18)8-16(19)25-17)10-15(21-11)12-3-2-4-14(7-12)26(20,22)23;1-10-6-14(21-12(10)3)15-9-18(8-11(2)20-15)17-13(4-5-22-18)7-16(19)23-17;1-11-9-18(17-13(5-6-22-18)8-16(19)23-17)10-15(20-11)12-3-2-4-14(21)7-12;1-10-8-16(9-12(19-10)13-3-5-18-20(13)2)15-11(4-6-21-16)7-14(17)22-15/h2-4,7-8,11-13,18,25H,5-6,9-10H2,1H3,(H,23,24);6,9,11,13,21H,2-5,7-8,10H2,1H3;2-4,7-8,11,15,21H,5-6,9-10H2,1H3,(H2,20,22,23);7,11,15,20H,4-6,8-9H2,1-3H3;2-4,8,11,15,20H,5-7,9-10H2,1H3;3,5,7,10,12,19H,4,6,8-9H2,1-2H3. The van der Waals surface area contributed by atoms with Gasteiger partial charge in [0.1, 0.15) is 46.0 Å². The van der Waals surface area contributed by atoms with E-state index in [1.807, 2.05) is 48.7 Å². The van der Waals surface area contributed by atoms with E-state index in [1.165, 1.54) is 114 Å². The van der Waals surface area contributed by atoms with Crippen LogP contribution in [-0.4, -0.2) is 144 Å². The Bertz CT molecular complexity index is 6880. The van der Waals surface area contributed by atoms with E-state index in [-0.39, 0.29) is 86.6 Å². The Balaban J connectivity index is 0.000000103. The number of hydrogen-bond acceptors (Lipinski definition) is 26. The minimum atomic E-state index is -3.73. The van der Waals surface area contributed by atoms with Gasteiger partial charge >= 0.3 is 0 Å². The Hall–Kier alpha value is -6.04. The quantitative estimate of drug-likeness (QED) is 0.0701. The molecule has 23 heterocycles. The lowest BCUT2D eigenvalue weighted by Crippen LogP contribution is -2.55. The van der Waals surface area contributed by atoms with Gasteiger partial charge in [0.25, 0.3) is 0 Å². The van der Waals surface area contributed by atoms with E-state index in [1.54, 1.807) is 86.2 Å². The lowest BCUT2D eigenvalue weighted by molar-refractivity contribution is -0.114. The van der Waals surface area contributed by atoms with E-state index in [4.69, 9.17) is 113 Å². The van der Waals surface area contributed by atoms with E-state index in [9.17, 15) is 13.2 Å². The predicted octanol–water partition coefficient (Wildman–Crippen LogP) is 23.4. The highest BCUT2D eigenvalue weighted by Gasteiger charge is 2.54. The van der Waals surface area contributed by atoms with Gasteiger partial charge in [0.2, 0.25) is 10.0 Å². The number of halogens is 6. The number of nitrogens with zero attached hydrogens (tertiary/aromatic N) is 6. The average Bonchev–Trinajstić information content (AvgIpc) is 1.60. The number of thiophene rings is 6. The summed E-state index contributed by atoms with van der Waals surface area (Å²) in [5, 5.41) is 38.8. The summed E-state index contributed by atoms with van der Waals surface area (Å²) in [6, 6.07) is 33.6. The fourth-order valence-electron chi connectivity index (χ4n) is 25.8. The first-order valence-electron chi connectivity index (χ1n) is 51.2. The number of aromatic amines is 1. The molecule has 9 N–H and O–H groups in total. The van der Waals surface area contributed by atoms with Crippen LogP contribution in [-0.2, 0) is 140 Å². The number of rotatable bonds is 8. The monoisotopic (exact) mass is 2230 g/mol. The van der Waals surface area contributed by atoms with E-state index in [2.05, 4.69) is 185 Å². The highest BCUT2D eigenvalue weighted by molar-refractivity contribution is 7.89. The number of H-pyrrole nitrogens is 1. The van der Waals surface area contributed by atoms with Gasteiger partial charge in [-0.1, -0.05) is 112 Å². The maximum Gasteiger partial charge on any atom is 0.238 e. The summed E-state index contributed by atoms with van der Waals surface area (Å²) in [6.07, 6.45) is 31.6. The summed E-state index contributed by atoms with van der Waals surface area (Å²) in [7, 11) is -1.73. The summed E-state index contributed by atoms with van der Waals surface area (Å²) in [6.45, 7) is 24.4. The topological polar surface area (TPSA) is 291 Å². The maximum atomic E-state index is 11.8. The van der Waals surface area contributed by atoms with Crippen LogP contribution in [0.2, 0.25) is 26.0 Å². The number of hydrogen-bond donors (Lipinski definition) is 8. The Morgan fingerprint density at radius 2 is 0.836 bits per heavy atom. The molecule has 0 amide bonds. The van der Waals surface area contributed by atoms with Gasteiger partial charge in [-0.05, 0) is 260 Å². The number of piperidine rings is 6. The summed E-state index contributed by atoms with van der Waals surface area (Å²) >= 11 is 47.9. The van der Waals surface area contributed by atoms with Gasteiger partial charge in [0.05, 0.1) is 113 Å². The number of allylic oxidation sites excluding steroid dienone is 5. The molecular formula is C109H128Cl6N14O10S7. The third kappa shape index (κ3) is 22.3. The number of ether oxygens (including phenoxy) is 7. The average molecular weight is 2230 g/mol. The fraction of sp³-hybridized carbons (Fsp3) is 0.514. The first kappa shape index (κ1) is 106. The second kappa shape index (κ2) is 43.7. The van der Waals surface area contributed by atoms with E-state index in [0.717, 1.165) is 211 Å². The van der Waals surface area contributed by atoms with Crippen molar-refractivity contribution in [3.63, 3.8) is 0 Å². The van der Waals surface area contributed by atoms with Crippen molar-refractivity contribution in [3.8, 4) is 11.1 Å². The summed E-state index contributed by atoms with van der Waals surface area (Å²) in [5.74, 6) is 1.21. The Labute approximate surface area is 909 Å². The molecule has 0 radical (unpaired) electrons. The molecule has 6 fully saturated rings. The van der Waals surface area contributed by atoms with Crippen LogP contribution in [0.4, 0.5) is 0 Å². The smallest absolute Gasteiger partial charge is 0.238 e. The van der Waals surface area contributed by atoms with Gasteiger partial charge in [-0.3, -0.25) is 19.6 Å². The molecule has 15 aliphatic rings. The molecule has 0 bridgehead atoms. The van der Waals surface area contributed by atoms with Gasteiger partial charge in [-0.15, -0.1) is 68.0 Å². The van der Waals surface area contributed by atoms with Gasteiger partial charge in [0.15, 0.2) is 5.78 Å². The Kier molecular flexibility index (Phi) is 31.6. The molecule has 0 saturated carbocycles. The number of imidazole rings is 1. The molecule has 146 heavy (non-hydrogen) atoms. The summed E-state index contributed by atoms with van der Waals surface area (Å²) in [4.78, 5) is 29.2. The molecule has 26 rings (SSSR count). The molecule has 6 spiro atoms. The van der Waals surface area contributed by atoms with Crippen LogP contribution in [0, 0.1) is 0 Å². The lowest BCUT2D eigenvalue weighted by atomic mass is 9.77. The molecule has 14 aliphatic heterocycles. The van der Waals surface area contributed by atoms with Crippen LogP contribution < -0.4 is 37.0 Å². The number of carbonyl (C=O) groups excluding carboxylic acids is 1. The van der Waals surface area contributed by atoms with Crippen LogP contribution >= 0.6 is 138 Å². The zero-order chi connectivity index (χ0) is 102. The van der Waals surface area contributed by atoms with Crippen molar-refractivity contribution in [2.24, 2.45) is 17.2 Å². The predicted molar refractivity (Wildman–Crippen MR) is 588 cm³/mol. The zero-order valence-electron chi connectivity index (χ0n) is 83.6. The normalized spacial score (nSPS) is 31.1. The first-order valence-corrected chi connectivity index (χ1v) is 59.9. The summed E-state index contributed by atoms with van der Waals surface area (Å²) < 4.78 is 76.7. The van der Waals surface area contributed by atoms with E-state index < -0.39 is 10.0 Å². The molecule has 1 aliphatic carbocycles. The summed E-state index contributed by atoms with van der Waals surface area (Å²) in [5.41, 5.74) is 18.6. The number of nitrogens with two attached hydrogens (primary N) is 1. The largest absolute Gasteiger partial charge is 0.372 e. The molecule has 9 aromatic heterocycles. The molecule has 37 heteroatoms. The van der Waals surface area contributed by atoms with Crippen molar-refractivity contribution in [2.75, 3.05) is 46.2 Å². The van der Waals surface area contributed by atoms with Crippen LogP contribution in [0.25, 0.3) is 11.1 Å². The number of aryl methyl sites for hydroxylation is 1. The second-order valence-electron chi connectivity index (χ2n) is 42.5. The van der Waals surface area contributed by atoms with Crippen molar-refractivity contribution >= 4 is 159 Å². The Morgan fingerprint density at radius 3 is 1.23 bits per heavy atom. The van der Waals surface area contributed by atoms with Gasteiger partial charge < -0.3 is 69.6 Å². The molecule has 6 saturated heterocycles. The highest BCUT2D eigenvalue weighted by atomic mass is 35.5. The van der Waals surface area contributed by atoms with E-state index >= 15 is 0 Å². The van der Waals surface area contributed by atoms with Crippen molar-refractivity contribution < 1.29 is 46.4 Å². The third-order valence-electron chi connectivity index (χ3n) is 31.7. The number of fused-ring (bicyclic) bond motifs is 13. The SMILES string of the molecule is CC1=C(C)N=C(C2CC3(CC(C)N2)OCCc2cc(Cl)sc23)C1.CC1CC2(CC(C3=CC=CC(=O)C3)N1)OCCc1cc(Cl)sc12.CC1CC2(CC(c3cccc(-c4cn[nH]c4)c3)N1)OCCc1cc(Cl)sc12.CC1CC2(CC(c3cccc(S(N)(=O)=O)c3)N1)OCCc1cc(Cl)sc12.CC1CC2(CC(c3ccnn3C)N1)OCCc1cc(Cl)sc12.CC1CC2(CC(c3cnc4n3CCOC4)N1)OCCc1cc(Cl)sc12. The van der Waals surface area contributed by atoms with Crippen molar-refractivity contribution in [1.82, 2.24) is 61.4 Å². The fourth-order valence-corrected chi connectivity index (χ4v) is 35.1. The number of primary sulfonamides is 1. The number of carbonyl (C=O) groups is 1. The number of aliphatic imine (C=N–C) groups is 1. The molecule has 11 aromatic rings. The minimum absolute atomic E-state index is 0.0210. The van der Waals surface area contributed by atoms with Gasteiger partial charge in [-0.25, -0.2) is 18.5 Å². The van der Waals surface area contributed by atoms with Gasteiger partial charge in [-0.2, -0.15) is 10.2 Å². The molecule has 2 aromatic carbocycles. The first-order chi connectivity index (χ1) is 70.1.